The minimum atomic E-state index is 0.0883. The van der Waals surface area contributed by atoms with E-state index >= 15 is 0 Å². The van der Waals surface area contributed by atoms with Crippen molar-refractivity contribution in [2.45, 2.75) is 13.3 Å². The van der Waals surface area contributed by atoms with Gasteiger partial charge in [-0.3, -0.25) is 9.59 Å². The van der Waals surface area contributed by atoms with Crippen molar-refractivity contribution in [2.24, 2.45) is 0 Å². The predicted octanol–water partition coefficient (Wildman–Crippen LogP) is 1.44. The molecule has 1 aliphatic heterocycles. The Morgan fingerprint density at radius 3 is 2.53 bits per heavy atom. The van der Waals surface area contributed by atoms with Gasteiger partial charge in [0, 0.05) is 33.1 Å². The summed E-state index contributed by atoms with van der Waals surface area (Å²) in [7, 11) is 0. The smallest absolute Gasteiger partial charge is 0.263 e. The fourth-order valence-electron chi connectivity index (χ4n) is 1.99. The van der Waals surface area contributed by atoms with Gasteiger partial charge in [0.25, 0.3) is 5.91 Å². The lowest BCUT2D eigenvalue weighted by Crippen LogP contribution is -2.36. The normalized spacial score (nSPS) is 16.8. The maximum Gasteiger partial charge on any atom is 0.263 e. The van der Waals surface area contributed by atoms with Crippen LogP contribution < -0.4 is 0 Å². The topological polar surface area (TPSA) is 40.6 Å². The van der Waals surface area contributed by atoms with Crippen LogP contribution in [0.3, 0.4) is 0 Å². The van der Waals surface area contributed by atoms with Crippen LogP contribution in [0.25, 0.3) is 0 Å². The maximum absolute atomic E-state index is 12.1. The van der Waals surface area contributed by atoms with E-state index in [-0.39, 0.29) is 11.8 Å². The van der Waals surface area contributed by atoms with Crippen LogP contribution >= 0.6 is 11.3 Å². The number of nitrogens with zero attached hydrogens (tertiary/aromatic N) is 2. The summed E-state index contributed by atoms with van der Waals surface area (Å²) in [6, 6.07) is 3.73. The lowest BCUT2D eigenvalue weighted by atomic mass is 10.3. The van der Waals surface area contributed by atoms with Crippen molar-refractivity contribution in [3.05, 3.63) is 22.4 Å². The third kappa shape index (κ3) is 2.85. The lowest BCUT2D eigenvalue weighted by Gasteiger charge is -2.20. The van der Waals surface area contributed by atoms with Crippen molar-refractivity contribution in [3.8, 4) is 0 Å². The number of rotatable bonds is 1. The summed E-state index contributed by atoms with van der Waals surface area (Å²) in [6.07, 6.45) is 0.858. The van der Waals surface area contributed by atoms with E-state index in [0.29, 0.717) is 13.1 Å². The molecule has 0 unspecified atom stereocenters. The zero-order valence-corrected chi connectivity index (χ0v) is 10.7. The van der Waals surface area contributed by atoms with Crippen LogP contribution in [-0.2, 0) is 4.79 Å². The first-order valence-electron chi connectivity index (χ1n) is 5.77. The lowest BCUT2D eigenvalue weighted by molar-refractivity contribution is -0.128. The second-order valence-corrected chi connectivity index (χ2v) is 5.08. The summed E-state index contributed by atoms with van der Waals surface area (Å²) in [6.45, 7) is 4.35. The van der Waals surface area contributed by atoms with Gasteiger partial charge < -0.3 is 9.80 Å². The van der Waals surface area contributed by atoms with Crippen LogP contribution in [-0.4, -0.2) is 47.8 Å². The van der Waals surface area contributed by atoms with Gasteiger partial charge in [-0.2, -0.15) is 0 Å². The van der Waals surface area contributed by atoms with Gasteiger partial charge in [-0.1, -0.05) is 6.07 Å². The molecule has 0 aromatic carbocycles. The van der Waals surface area contributed by atoms with Crippen LogP contribution in [0.4, 0.5) is 0 Å². The third-order valence-electron chi connectivity index (χ3n) is 2.96. The van der Waals surface area contributed by atoms with E-state index in [2.05, 4.69) is 0 Å². The molecule has 0 radical (unpaired) electrons. The molecule has 0 saturated carbocycles. The highest BCUT2D eigenvalue weighted by molar-refractivity contribution is 7.12. The highest BCUT2D eigenvalue weighted by Crippen LogP contribution is 2.14. The molecule has 0 atom stereocenters. The van der Waals surface area contributed by atoms with E-state index < -0.39 is 0 Å². The molecule has 0 spiro atoms. The van der Waals surface area contributed by atoms with E-state index in [0.717, 1.165) is 24.4 Å². The summed E-state index contributed by atoms with van der Waals surface area (Å²) >= 11 is 1.47. The van der Waals surface area contributed by atoms with E-state index in [9.17, 15) is 9.59 Å². The van der Waals surface area contributed by atoms with E-state index in [4.69, 9.17) is 0 Å². The predicted molar refractivity (Wildman–Crippen MR) is 67.1 cm³/mol. The minimum Gasteiger partial charge on any atom is -0.341 e. The molecule has 0 bridgehead atoms. The number of carbonyl (C=O) groups excluding carboxylic acids is 2. The molecule has 2 amide bonds. The molecule has 0 N–H and O–H groups in total. The Morgan fingerprint density at radius 1 is 1.18 bits per heavy atom. The van der Waals surface area contributed by atoms with Gasteiger partial charge in [-0.05, 0) is 17.9 Å². The second kappa shape index (κ2) is 5.31. The van der Waals surface area contributed by atoms with Gasteiger partial charge in [0.05, 0.1) is 4.88 Å². The number of hydrogen-bond acceptors (Lipinski definition) is 3. The molecule has 2 rings (SSSR count). The third-order valence-corrected chi connectivity index (χ3v) is 3.82. The molecule has 1 saturated heterocycles. The first-order chi connectivity index (χ1) is 8.18. The molecule has 2 heterocycles. The number of thiophene rings is 1. The van der Waals surface area contributed by atoms with E-state index in [1.54, 1.807) is 6.92 Å². The summed E-state index contributed by atoms with van der Waals surface area (Å²) < 4.78 is 0. The van der Waals surface area contributed by atoms with Crippen LogP contribution in [0.15, 0.2) is 17.5 Å². The quantitative estimate of drug-likeness (QED) is 0.759. The maximum atomic E-state index is 12.1. The molecular weight excluding hydrogens is 236 g/mol. The van der Waals surface area contributed by atoms with Crippen LogP contribution in [0.1, 0.15) is 23.0 Å². The van der Waals surface area contributed by atoms with Crippen molar-refractivity contribution < 1.29 is 9.59 Å². The largest absolute Gasteiger partial charge is 0.341 e. The Bertz CT molecular complexity index is 403. The van der Waals surface area contributed by atoms with Gasteiger partial charge >= 0.3 is 0 Å². The van der Waals surface area contributed by atoms with E-state index in [1.807, 2.05) is 27.3 Å². The molecular formula is C12H16N2O2S. The van der Waals surface area contributed by atoms with Gasteiger partial charge in [0.15, 0.2) is 0 Å². The van der Waals surface area contributed by atoms with E-state index in [1.165, 1.54) is 11.3 Å². The Kier molecular flexibility index (Phi) is 3.78. The average Bonchev–Trinajstić information content (AvgIpc) is 2.71. The fraction of sp³-hybridized carbons (Fsp3) is 0.500. The van der Waals surface area contributed by atoms with Crippen molar-refractivity contribution in [1.29, 1.82) is 0 Å². The van der Waals surface area contributed by atoms with Crippen molar-refractivity contribution >= 4 is 23.2 Å². The van der Waals surface area contributed by atoms with Crippen molar-refractivity contribution in [1.82, 2.24) is 9.80 Å². The average molecular weight is 252 g/mol. The first kappa shape index (κ1) is 12.1. The van der Waals surface area contributed by atoms with Gasteiger partial charge in [0.1, 0.15) is 0 Å². The number of amides is 2. The zero-order chi connectivity index (χ0) is 12.3. The molecule has 4 nitrogen and oxygen atoms in total. The highest BCUT2D eigenvalue weighted by Gasteiger charge is 2.21. The second-order valence-electron chi connectivity index (χ2n) is 4.13. The van der Waals surface area contributed by atoms with Crippen LogP contribution in [0, 0.1) is 0 Å². The van der Waals surface area contributed by atoms with Gasteiger partial charge in [0.2, 0.25) is 5.91 Å². The highest BCUT2D eigenvalue weighted by atomic mass is 32.1. The molecule has 5 heteroatoms. The summed E-state index contributed by atoms with van der Waals surface area (Å²) in [5.41, 5.74) is 0. The van der Waals surface area contributed by atoms with Gasteiger partial charge in [-0.15, -0.1) is 11.3 Å². The Hall–Kier alpha value is -1.36. The minimum absolute atomic E-state index is 0.0883. The van der Waals surface area contributed by atoms with Crippen molar-refractivity contribution in [2.75, 3.05) is 26.2 Å². The monoisotopic (exact) mass is 252 g/mol. The molecule has 1 aromatic heterocycles. The molecule has 0 aliphatic carbocycles. The molecule has 1 aliphatic rings. The Labute approximate surface area is 105 Å². The summed E-state index contributed by atoms with van der Waals surface area (Å²) in [4.78, 5) is 27.8. The molecule has 17 heavy (non-hydrogen) atoms. The number of hydrogen-bond donors (Lipinski definition) is 0. The summed E-state index contributed by atoms with van der Waals surface area (Å²) in [5, 5.41) is 1.91. The molecule has 1 fully saturated rings. The van der Waals surface area contributed by atoms with Gasteiger partial charge in [-0.25, -0.2) is 0 Å². The van der Waals surface area contributed by atoms with Crippen LogP contribution in [0.5, 0.6) is 0 Å². The fourth-order valence-corrected chi connectivity index (χ4v) is 2.68. The molecule has 1 aromatic rings. The summed E-state index contributed by atoms with van der Waals surface area (Å²) in [5.74, 6) is 0.181. The SMILES string of the molecule is CC(=O)N1CCCN(C(=O)c2cccs2)CC1. The van der Waals surface area contributed by atoms with Crippen molar-refractivity contribution in [3.63, 3.8) is 0 Å². The number of carbonyl (C=O) groups is 2. The Balaban J connectivity index is 1.99. The zero-order valence-electron chi connectivity index (χ0n) is 9.89. The van der Waals surface area contributed by atoms with Crippen LogP contribution in [0.2, 0.25) is 0 Å². The standard InChI is InChI=1S/C12H16N2O2S/c1-10(15)13-5-3-6-14(8-7-13)12(16)11-4-2-9-17-11/h2,4,9H,3,5-8H2,1H3. The Morgan fingerprint density at radius 2 is 1.88 bits per heavy atom. The molecule has 92 valence electrons. The first-order valence-corrected chi connectivity index (χ1v) is 6.65.